The molecule has 0 unspecified atom stereocenters. The molecule has 21 heavy (non-hydrogen) atoms. The summed E-state index contributed by atoms with van der Waals surface area (Å²) in [5, 5.41) is 8.94. The summed E-state index contributed by atoms with van der Waals surface area (Å²) in [6.45, 7) is 0. The zero-order chi connectivity index (χ0) is 14.8. The molecule has 2 aromatic carbocycles. The van der Waals surface area contributed by atoms with Gasteiger partial charge in [0, 0.05) is 11.1 Å². The molecule has 0 atom stereocenters. The van der Waals surface area contributed by atoms with Gasteiger partial charge in [0.05, 0.1) is 5.02 Å². The SMILES string of the molecule is O=C(/C=C/c1c(F)cccc1Cl)c1ccccc1N1N=N1. The maximum absolute atomic E-state index is 13.6. The Morgan fingerprint density at radius 1 is 1.14 bits per heavy atom. The van der Waals surface area contributed by atoms with E-state index in [1.54, 1.807) is 30.3 Å². The van der Waals surface area contributed by atoms with Crippen molar-refractivity contribution in [2.75, 3.05) is 5.12 Å². The number of halogens is 2. The molecule has 0 spiro atoms. The molecule has 4 nitrogen and oxygen atoms in total. The van der Waals surface area contributed by atoms with Crippen LogP contribution in [0.1, 0.15) is 15.9 Å². The topological polar surface area (TPSA) is 44.8 Å². The van der Waals surface area contributed by atoms with E-state index in [1.165, 1.54) is 29.4 Å². The van der Waals surface area contributed by atoms with Crippen LogP contribution < -0.4 is 5.12 Å². The molecule has 2 aromatic rings. The van der Waals surface area contributed by atoms with Crippen LogP contribution in [0, 0.1) is 5.82 Å². The van der Waals surface area contributed by atoms with E-state index in [4.69, 9.17) is 11.6 Å². The summed E-state index contributed by atoms with van der Waals surface area (Å²) < 4.78 is 13.6. The van der Waals surface area contributed by atoms with E-state index in [0.29, 0.717) is 11.3 Å². The molecule has 6 heteroatoms. The second-order valence-corrected chi connectivity index (χ2v) is 4.73. The van der Waals surface area contributed by atoms with E-state index < -0.39 is 5.82 Å². The first-order valence-corrected chi connectivity index (χ1v) is 6.52. The van der Waals surface area contributed by atoms with Gasteiger partial charge < -0.3 is 0 Å². The minimum atomic E-state index is -0.476. The molecule has 0 radical (unpaired) electrons. The predicted octanol–water partition coefficient (Wildman–Crippen LogP) is 4.48. The van der Waals surface area contributed by atoms with Crippen molar-refractivity contribution >= 4 is 29.1 Å². The van der Waals surface area contributed by atoms with Crippen molar-refractivity contribution in [3.63, 3.8) is 0 Å². The third kappa shape index (κ3) is 2.83. The van der Waals surface area contributed by atoms with E-state index in [1.807, 2.05) is 0 Å². The number of ketones is 1. The van der Waals surface area contributed by atoms with Gasteiger partial charge in [0.1, 0.15) is 11.5 Å². The smallest absolute Gasteiger partial charge is 0.188 e. The number of allylic oxidation sites excluding steroid dienone is 1. The van der Waals surface area contributed by atoms with Crippen molar-refractivity contribution in [3.05, 3.63) is 70.5 Å². The molecule has 1 heterocycles. The van der Waals surface area contributed by atoms with Gasteiger partial charge in [-0.3, -0.25) is 4.79 Å². The Balaban J connectivity index is 1.88. The third-order valence-electron chi connectivity index (χ3n) is 2.96. The number of rotatable bonds is 4. The molecule has 104 valence electrons. The third-order valence-corrected chi connectivity index (χ3v) is 3.29. The number of benzene rings is 2. The lowest BCUT2D eigenvalue weighted by Gasteiger charge is -2.04. The van der Waals surface area contributed by atoms with Crippen LogP contribution in [-0.2, 0) is 0 Å². The molecular formula is C15H9ClFN3O. The molecule has 1 aliphatic heterocycles. The van der Waals surface area contributed by atoms with Gasteiger partial charge in [-0.05, 0) is 46.9 Å². The van der Waals surface area contributed by atoms with Crippen LogP contribution >= 0.6 is 11.6 Å². The average molecular weight is 302 g/mol. The summed E-state index contributed by atoms with van der Waals surface area (Å²) in [5.41, 5.74) is 1.21. The molecule has 3 rings (SSSR count). The normalized spacial score (nSPS) is 13.0. The largest absolute Gasteiger partial charge is 0.289 e. The maximum atomic E-state index is 13.6. The summed E-state index contributed by atoms with van der Waals surface area (Å²) in [6, 6.07) is 11.3. The molecule has 0 aromatic heterocycles. The van der Waals surface area contributed by atoms with E-state index in [-0.39, 0.29) is 16.4 Å². The number of anilines is 1. The lowest BCUT2D eigenvalue weighted by atomic mass is 10.1. The van der Waals surface area contributed by atoms with Crippen molar-refractivity contribution in [2.45, 2.75) is 0 Å². The molecular weight excluding hydrogens is 293 g/mol. The number of carbonyl (C=O) groups excluding carboxylic acids is 1. The van der Waals surface area contributed by atoms with Crippen LogP contribution in [0.4, 0.5) is 10.1 Å². The fourth-order valence-electron chi connectivity index (χ4n) is 1.89. The standard InChI is InChI=1S/C15H9ClFN3O/c16-12-5-3-6-13(17)10(12)8-9-15(21)11-4-1-2-7-14(11)20-18-19-20/h1-9H/b9-8+. The number of nitrogens with zero attached hydrogens (tertiary/aromatic N) is 3. The Morgan fingerprint density at radius 2 is 1.90 bits per heavy atom. The summed E-state index contributed by atoms with van der Waals surface area (Å²) in [7, 11) is 0. The van der Waals surface area contributed by atoms with Gasteiger partial charge in [-0.2, -0.15) is 0 Å². The second kappa shape index (κ2) is 5.46. The molecule has 0 amide bonds. The highest BCUT2D eigenvalue weighted by atomic mass is 35.5. The molecule has 0 saturated heterocycles. The lowest BCUT2D eigenvalue weighted by molar-refractivity contribution is 0.104. The van der Waals surface area contributed by atoms with Gasteiger partial charge in [0.2, 0.25) is 0 Å². The van der Waals surface area contributed by atoms with Crippen LogP contribution in [0.25, 0.3) is 6.08 Å². The monoisotopic (exact) mass is 301 g/mol. The fourth-order valence-corrected chi connectivity index (χ4v) is 2.12. The van der Waals surface area contributed by atoms with Crippen LogP contribution in [0.15, 0.2) is 59.0 Å². The Morgan fingerprint density at radius 3 is 2.62 bits per heavy atom. The summed E-state index contributed by atoms with van der Waals surface area (Å²) in [5.74, 6) is -0.752. The summed E-state index contributed by atoms with van der Waals surface area (Å²) in [4.78, 5) is 12.2. The van der Waals surface area contributed by atoms with Crippen LogP contribution in [0.3, 0.4) is 0 Å². The molecule has 0 N–H and O–H groups in total. The minimum absolute atomic E-state index is 0.186. The molecule has 0 aliphatic carbocycles. The van der Waals surface area contributed by atoms with Gasteiger partial charge in [-0.25, -0.2) is 4.39 Å². The zero-order valence-electron chi connectivity index (χ0n) is 10.7. The van der Waals surface area contributed by atoms with E-state index in [9.17, 15) is 9.18 Å². The number of para-hydroxylation sites is 1. The van der Waals surface area contributed by atoms with Crippen molar-refractivity contribution in [2.24, 2.45) is 10.4 Å². The van der Waals surface area contributed by atoms with Crippen molar-refractivity contribution in [1.29, 1.82) is 0 Å². The van der Waals surface area contributed by atoms with Gasteiger partial charge in [-0.15, -0.1) is 5.12 Å². The molecule has 0 fully saturated rings. The quantitative estimate of drug-likeness (QED) is 0.617. The van der Waals surface area contributed by atoms with Crippen molar-refractivity contribution in [3.8, 4) is 0 Å². The fraction of sp³-hybridized carbons (Fsp3) is 0. The molecule has 1 aliphatic rings. The molecule has 0 saturated carbocycles. The summed E-state index contributed by atoms with van der Waals surface area (Å²) in [6.07, 6.45) is 2.65. The van der Waals surface area contributed by atoms with Crippen molar-refractivity contribution < 1.29 is 9.18 Å². The van der Waals surface area contributed by atoms with E-state index >= 15 is 0 Å². The highest BCUT2D eigenvalue weighted by molar-refractivity contribution is 6.32. The first kappa shape index (κ1) is 13.5. The van der Waals surface area contributed by atoms with Crippen molar-refractivity contribution in [1.82, 2.24) is 0 Å². The maximum Gasteiger partial charge on any atom is 0.188 e. The minimum Gasteiger partial charge on any atom is -0.289 e. The van der Waals surface area contributed by atoms with Gasteiger partial charge in [-0.1, -0.05) is 29.8 Å². The lowest BCUT2D eigenvalue weighted by Crippen LogP contribution is -2.01. The Bertz CT molecular complexity index is 747. The molecule has 0 bridgehead atoms. The Hall–Kier alpha value is -2.53. The zero-order valence-corrected chi connectivity index (χ0v) is 11.5. The van der Waals surface area contributed by atoms with E-state index in [2.05, 4.69) is 10.4 Å². The Labute approximate surface area is 125 Å². The average Bonchev–Trinajstić information content (AvgIpc) is 3.31. The highest BCUT2D eigenvalue weighted by Gasteiger charge is 2.20. The Kier molecular flexibility index (Phi) is 3.50. The number of hydrogen-bond acceptors (Lipinski definition) is 4. The van der Waals surface area contributed by atoms with Gasteiger partial charge in [0.15, 0.2) is 5.78 Å². The number of hydrogen-bond donors (Lipinski definition) is 0. The predicted molar refractivity (Wildman–Crippen MR) is 78.6 cm³/mol. The van der Waals surface area contributed by atoms with E-state index in [0.717, 1.165) is 0 Å². The van der Waals surface area contributed by atoms with Gasteiger partial charge in [0.25, 0.3) is 0 Å². The van der Waals surface area contributed by atoms with Crippen LogP contribution in [-0.4, -0.2) is 5.78 Å². The second-order valence-electron chi connectivity index (χ2n) is 4.32. The van der Waals surface area contributed by atoms with Crippen LogP contribution in [0.5, 0.6) is 0 Å². The van der Waals surface area contributed by atoms with Crippen LogP contribution in [0.2, 0.25) is 5.02 Å². The van der Waals surface area contributed by atoms with Gasteiger partial charge >= 0.3 is 0 Å². The summed E-state index contributed by atoms with van der Waals surface area (Å²) >= 11 is 5.91. The first-order valence-electron chi connectivity index (χ1n) is 6.14. The highest BCUT2D eigenvalue weighted by Crippen LogP contribution is 2.28. The number of carbonyl (C=O) groups is 1. The first-order chi connectivity index (χ1) is 10.2.